The van der Waals surface area contributed by atoms with Gasteiger partial charge in [-0.1, -0.05) is 133 Å². The molecule has 0 aromatic heterocycles. The van der Waals surface area contributed by atoms with Crippen LogP contribution in [-0.2, 0) is 30.3 Å². The first-order valence-corrected chi connectivity index (χ1v) is 34.6. The van der Waals surface area contributed by atoms with Crippen LogP contribution in [-0.4, -0.2) is 168 Å². The lowest BCUT2D eigenvalue weighted by Gasteiger charge is -2.25. The molecule has 0 radical (unpaired) electrons. The molecule has 0 aliphatic carbocycles. The molecule has 0 aliphatic rings. The van der Waals surface area contributed by atoms with Gasteiger partial charge >= 0.3 is 37.0 Å². The zero-order valence-corrected chi connectivity index (χ0v) is 65.3. The van der Waals surface area contributed by atoms with Crippen LogP contribution in [0.4, 0.5) is 0 Å². The summed E-state index contributed by atoms with van der Waals surface area (Å²) in [6.45, 7) is 7.70. The van der Waals surface area contributed by atoms with Gasteiger partial charge in [-0.25, -0.2) is 14.4 Å². The van der Waals surface area contributed by atoms with Crippen molar-refractivity contribution in [2.24, 2.45) is 5.73 Å². The summed E-state index contributed by atoms with van der Waals surface area (Å²) in [5, 5.41) is 56.6. The predicted octanol–water partition coefficient (Wildman–Crippen LogP) is 12.6. The Morgan fingerprint density at radius 1 is 0.446 bits per heavy atom. The number of methoxy groups -OCH3 is 9. The first kappa shape index (κ1) is 90.4. The van der Waals surface area contributed by atoms with E-state index in [1.807, 2.05) is 160 Å². The van der Waals surface area contributed by atoms with Gasteiger partial charge in [0.2, 0.25) is 0 Å². The van der Waals surface area contributed by atoms with E-state index >= 15 is 0 Å². The molecule has 9 aromatic rings. The van der Waals surface area contributed by atoms with E-state index in [9.17, 15) is 43.8 Å². The molecule has 9 aromatic carbocycles. The maximum Gasteiger partial charge on any atom is 0.488 e. The molecular formula is C86H92BClN2O22. The Hall–Kier alpha value is -12.2. The van der Waals surface area contributed by atoms with Crippen molar-refractivity contribution < 1.29 is 107 Å². The van der Waals surface area contributed by atoms with Crippen molar-refractivity contribution in [3.63, 3.8) is 0 Å². The lowest BCUT2D eigenvalue weighted by Crippen LogP contribution is -2.52. The quantitative estimate of drug-likeness (QED) is 0.00779. The van der Waals surface area contributed by atoms with Gasteiger partial charge in [-0.3, -0.25) is 24.5 Å². The summed E-state index contributed by atoms with van der Waals surface area (Å²) >= 11 is 6.12. The van der Waals surface area contributed by atoms with Crippen molar-refractivity contribution in [1.29, 1.82) is 0 Å². The fourth-order valence-electron chi connectivity index (χ4n) is 10.6. The Kier molecular flexibility index (Phi) is 35.4. The van der Waals surface area contributed by atoms with Crippen LogP contribution in [0.1, 0.15) is 121 Å². The number of halogens is 1. The van der Waals surface area contributed by atoms with Gasteiger partial charge < -0.3 is 78.8 Å². The van der Waals surface area contributed by atoms with E-state index in [-0.39, 0.29) is 23.9 Å². The molecule has 9 rings (SSSR count). The van der Waals surface area contributed by atoms with Crippen LogP contribution in [0.15, 0.2) is 164 Å². The van der Waals surface area contributed by atoms with Crippen LogP contribution in [0.2, 0.25) is 5.02 Å². The number of carbonyl (C=O) groups is 7. The van der Waals surface area contributed by atoms with E-state index in [1.54, 1.807) is 42.5 Å². The highest BCUT2D eigenvalue weighted by Crippen LogP contribution is 2.36. The number of nitrogens with one attached hydrogen (secondary N) is 1. The topological polar surface area (TPSA) is 362 Å². The minimum absolute atomic E-state index is 0.117. The zero-order chi connectivity index (χ0) is 83.0. The van der Waals surface area contributed by atoms with Gasteiger partial charge in [0.15, 0.2) is 12.6 Å². The first-order valence-electron chi connectivity index (χ1n) is 34.2. The Morgan fingerprint density at radius 3 is 1.10 bits per heavy atom. The highest BCUT2D eigenvalue weighted by Gasteiger charge is 2.33. The van der Waals surface area contributed by atoms with E-state index in [1.165, 1.54) is 96.0 Å². The molecule has 0 saturated heterocycles. The summed E-state index contributed by atoms with van der Waals surface area (Å²) in [6.07, 6.45) is 13.2. The number of aldehydes is 2. The molecule has 0 aliphatic heterocycles. The highest BCUT2D eigenvalue weighted by atomic mass is 35.5. The SMILES string of the molecule is CC(N)(CO)C(=O)O.COC(=O)c1cccc(-c2cccc(/C=C/c3cc(OC)c(C=O)c(OC)c3)c2C)c1.COC(=O)c1cccc(-c2cccc(/C=C/c3cc(OC)c(CNC(C)(CO)C(=O)O)c(OC)c3)c2C)c1.COC(=O)c1cccc(B(O)O)c1.COc1cc(/C=C/c2cccc(Cl)c2C)cc(OC)c1C=O. The number of carboxylic acid groups (broad SMARTS) is 2. The number of nitrogens with two attached hydrogens (primary N) is 1. The van der Waals surface area contributed by atoms with Gasteiger partial charge in [0.1, 0.15) is 45.6 Å². The largest absolute Gasteiger partial charge is 0.496 e. The third kappa shape index (κ3) is 24.7. The molecule has 24 nitrogen and oxygen atoms in total. The van der Waals surface area contributed by atoms with Crippen LogP contribution in [0.5, 0.6) is 34.5 Å². The molecule has 2 atom stereocenters. The molecule has 0 amide bonds. The summed E-state index contributed by atoms with van der Waals surface area (Å²) < 4.78 is 46.5. The Bertz CT molecular complexity index is 4800. The van der Waals surface area contributed by atoms with E-state index in [0.29, 0.717) is 67.9 Å². The van der Waals surface area contributed by atoms with Crippen LogP contribution < -0.4 is 44.9 Å². The number of carboxylic acids is 2. The molecule has 0 fully saturated rings. The lowest BCUT2D eigenvalue weighted by molar-refractivity contribution is -0.146. The molecule has 26 heteroatoms. The average Bonchev–Trinajstić information content (AvgIpc) is 0.819. The van der Waals surface area contributed by atoms with E-state index in [0.717, 1.165) is 89.9 Å². The Labute approximate surface area is 656 Å². The summed E-state index contributed by atoms with van der Waals surface area (Å²) in [5.41, 5.74) is 17.6. The van der Waals surface area contributed by atoms with Gasteiger partial charge in [-0.15, -0.1) is 0 Å². The molecular weight excluding hydrogens is 1460 g/mol. The van der Waals surface area contributed by atoms with Crippen LogP contribution >= 0.6 is 11.6 Å². The average molecular weight is 1550 g/mol. The number of carbonyl (C=O) groups excluding carboxylic acids is 5. The summed E-state index contributed by atoms with van der Waals surface area (Å²) in [5.74, 6) is -0.677. The van der Waals surface area contributed by atoms with Crippen LogP contribution in [0.3, 0.4) is 0 Å². The minimum atomic E-state index is -1.57. The van der Waals surface area contributed by atoms with E-state index in [4.69, 9.17) is 75.5 Å². The normalized spacial score (nSPS) is 11.7. The second-order valence-electron chi connectivity index (χ2n) is 25.0. The maximum atomic E-state index is 12.0. The van der Waals surface area contributed by atoms with Crippen LogP contribution in [0.25, 0.3) is 58.7 Å². The Morgan fingerprint density at radius 2 is 0.786 bits per heavy atom. The van der Waals surface area contributed by atoms with E-state index in [2.05, 4.69) is 10.1 Å². The van der Waals surface area contributed by atoms with Crippen molar-refractivity contribution in [3.05, 3.63) is 252 Å². The van der Waals surface area contributed by atoms with Crippen molar-refractivity contribution in [3.8, 4) is 56.8 Å². The molecule has 2 unspecified atom stereocenters. The van der Waals surface area contributed by atoms with Gasteiger partial charge in [0.25, 0.3) is 0 Å². The Balaban J connectivity index is 0.000000271. The minimum Gasteiger partial charge on any atom is -0.496 e. The second kappa shape index (κ2) is 43.9. The number of aliphatic carboxylic acids is 2. The fraction of sp³-hybridized carbons (Fsp3) is 0.221. The number of esters is 3. The fourth-order valence-corrected chi connectivity index (χ4v) is 10.8. The molecule has 0 heterocycles. The summed E-state index contributed by atoms with van der Waals surface area (Å²) in [6, 6.07) is 49.3. The van der Waals surface area contributed by atoms with Crippen molar-refractivity contribution in [2.75, 3.05) is 77.2 Å². The number of hydrogen-bond acceptors (Lipinski definition) is 22. The molecule has 0 saturated carbocycles. The first-order chi connectivity index (χ1) is 53.4. The highest BCUT2D eigenvalue weighted by molar-refractivity contribution is 6.58. The van der Waals surface area contributed by atoms with Crippen molar-refractivity contribution >= 4 is 103 Å². The zero-order valence-electron chi connectivity index (χ0n) is 64.6. The molecule has 9 N–H and O–H groups in total. The molecule has 0 spiro atoms. The van der Waals surface area contributed by atoms with Gasteiger partial charge in [-0.2, -0.15) is 0 Å². The number of benzene rings is 9. The number of rotatable bonds is 27. The number of aliphatic hydroxyl groups excluding tert-OH is 2. The third-order valence-electron chi connectivity index (χ3n) is 17.5. The standard InChI is InChI=1S/C30H33NO7.C26H24O5.C18H17ClO3.C8H9BO4.C4H9NO3/c1-19-21(8-7-11-24(19)22-9-6-10-23(16-22)28(33)38-5)13-12-20-14-26(36-3)25(27(15-20)37-4)17-31-30(2,18-32)29(34)35;1-17-19(12-11-18-13-24(29-2)23(16-27)25(14-18)30-3)7-6-10-22(17)20-8-5-9-21(15-20)26(28)31-4;1-12-14(5-4-6-16(12)19)8-7-13-9-17(21-2)15(11-20)18(10-13)22-3;1-13-8(10)6-3-2-4-7(5-6)9(11)12;1-4(5,2-6)3(7)8/h6-16,31-32H,17-18H2,1-5H3,(H,34,35);5-16H,1-4H3;4-11H,1-3H3;2-5,11-12H,1H3;6H,2,5H2,1H3,(H,7,8)/b13-12+;12-11+;8-7+;;. The van der Waals surface area contributed by atoms with Gasteiger partial charge in [0.05, 0.1) is 105 Å². The lowest BCUT2D eigenvalue weighted by atomic mass is 9.80. The molecule has 112 heavy (non-hydrogen) atoms. The molecule has 588 valence electrons. The second-order valence-corrected chi connectivity index (χ2v) is 25.4. The number of ether oxygens (including phenoxy) is 9. The van der Waals surface area contributed by atoms with Crippen LogP contribution in [0, 0.1) is 20.8 Å². The van der Waals surface area contributed by atoms with Crippen molar-refractivity contribution in [2.45, 2.75) is 52.2 Å². The summed E-state index contributed by atoms with van der Waals surface area (Å²) in [4.78, 5) is 78.9. The van der Waals surface area contributed by atoms with Gasteiger partial charge in [0, 0.05) is 17.1 Å². The van der Waals surface area contributed by atoms with Gasteiger partial charge in [-0.05, 0) is 191 Å². The molecule has 0 bridgehead atoms. The number of aliphatic hydroxyl groups is 2. The predicted molar refractivity (Wildman–Crippen MR) is 433 cm³/mol. The third-order valence-corrected chi connectivity index (χ3v) is 17.9. The smallest absolute Gasteiger partial charge is 0.488 e. The van der Waals surface area contributed by atoms with Crippen molar-refractivity contribution in [1.82, 2.24) is 5.32 Å². The monoisotopic (exact) mass is 1550 g/mol. The van der Waals surface area contributed by atoms with E-state index < -0.39 is 49.3 Å². The number of hydrogen-bond donors (Lipinski definition) is 8. The summed E-state index contributed by atoms with van der Waals surface area (Å²) in [7, 11) is 11.6. The maximum absolute atomic E-state index is 12.0.